The van der Waals surface area contributed by atoms with Crippen molar-refractivity contribution in [1.82, 2.24) is 15.1 Å². The number of methoxy groups -OCH3 is 2. The summed E-state index contributed by atoms with van der Waals surface area (Å²) in [7, 11) is 2.97. The zero-order chi connectivity index (χ0) is 17.8. The Kier molecular flexibility index (Phi) is 5.18. The van der Waals surface area contributed by atoms with Crippen molar-refractivity contribution in [3.8, 4) is 11.5 Å². The van der Waals surface area contributed by atoms with Gasteiger partial charge >= 0.3 is 0 Å². The highest BCUT2D eigenvalue weighted by Crippen LogP contribution is 2.32. The van der Waals surface area contributed by atoms with Crippen molar-refractivity contribution in [3.05, 3.63) is 28.7 Å². The summed E-state index contributed by atoms with van der Waals surface area (Å²) in [6.07, 6.45) is 3.53. The fraction of sp³-hybridized carbons (Fsp3) is 0.471. The molecule has 1 N–H and O–H groups in total. The molecule has 0 spiro atoms. The summed E-state index contributed by atoms with van der Waals surface area (Å²) in [4.78, 5) is 24.8. The Morgan fingerprint density at radius 2 is 2.24 bits per heavy atom. The molecule has 1 amide bonds. The number of benzene rings is 1. The number of rotatable bonds is 6. The van der Waals surface area contributed by atoms with E-state index in [-0.39, 0.29) is 18.6 Å². The number of hydrogen-bond acceptors (Lipinski definition) is 6. The minimum absolute atomic E-state index is 0.0505. The molecule has 0 radical (unpaired) electrons. The first-order valence-corrected chi connectivity index (χ1v) is 8.13. The summed E-state index contributed by atoms with van der Waals surface area (Å²) < 4.78 is 17.1. The van der Waals surface area contributed by atoms with Crippen LogP contribution in [0.4, 0.5) is 0 Å². The van der Waals surface area contributed by atoms with E-state index in [1.165, 1.54) is 20.4 Å². The molecule has 0 bridgehead atoms. The molecule has 1 aliphatic rings. The molecule has 2 heterocycles. The van der Waals surface area contributed by atoms with Gasteiger partial charge in [0.25, 0.3) is 5.56 Å². The van der Waals surface area contributed by atoms with Crippen LogP contribution in [0, 0.1) is 0 Å². The van der Waals surface area contributed by atoms with Gasteiger partial charge in [-0.1, -0.05) is 0 Å². The van der Waals surface area contributed by atoms with Crippen molar-refractivity contribution in [2.45, 2.75) is 25.5 Å². The Labute approximate surface area is 144 Å². The molecule has 0 saturated carbocycles. The van der Waals surface area contributed by atoms with Crippen molar-refractivity contribution in [2.24, 2.45) is 0 Å². The standard InChI is InChI=1S/C17H21N3O5/c1-23-13-6-5-11-8-19-20(17(22)15(11)16(13)24-2)10-14(21)18-9-12-4-3-7-25-12/h5-6,8,12H,3-4,7,9-10H2,1-2H3,(H,18,21). The molecule has 8 heteroatoms. The van der Waals surface area contributed by atoms with E-state index in [0.29, 0.717) is 28.8 Å². The van der Waals surface area contributed by atoms with Crippen LogP contribution in [0.5, 0.6) is 11.5 Å². The Hall–Kier alpha value is -2.61. The van der Waals surface area contributed by atoms with E-state index in [9.17, 15) is 9.59 Å². The second kappa shape index (κ2) is 7.52. The van der Waals surface area contributed by atoms with Crippen molar-refractivity contribution in [1.29, 1.82) is 0 Å². The molecule has 1 aliphatic heterocycles. The summed E-state index contributed by atoms with van der Waals surface area (Å²) in [5.74, 6) is 0.500. The van der Waals surface area contributed by atoms with Crippen LogP contribution >= 0.6 is 0 Å². The average Bonchev–Trinajstić information content (AvgIpc) is 3.15. The van der Waals surface area contributed by atoms with Crippen molar-refractivity contribution >= 4 is 16.7 Å². The summed E-state index contributed by atoms with van der Waals surface area (Å²) in [5.41, 5.74) is -0.402. The Balaban J connectivity index is 1.82. The Morgan fingerprint density at radius 3 is 2.92 bits per heavy atom. The minimum Gasteiger partial charge on any atom is -0.493 e. The Morgan fingerprint density at radius 1 is 1.40 bits per heavy atom. The molecular weight excluding hydrogens is 326 g/mol. The molecule has 0 aliphatic carbocycles. The molecule has 1 unspecified atom stereocenters. The number of carbonyl (C=O) groups excluding carboxylic acids is 1. The van der Waals surface area contributed by atoms with Gasteiger partial charge in [0.1, 0.15) is 6.54 Å². The lowest BCUT2D eigenvalue weighted by atomic mass is 10.1. The van der Waals surface area contributed by atoms with E-state index < -0.39 is 5.56 Å². The number of ether oxygens (including phenoxy) is 3. The largest absolute Gasteiger partial charge is 0.493 e. The molecule has 1 saturated heterocycles. The van der Waals surface area contributed by atoms with E-state index >= 15 is 0 Å². The maximum atomic E-state index is 12.7. The van der Waals surface area contributed by atoms with Crippen molar-refractivity contribution in [2.75, 3.05) is 27.4 Å². The van der Waals surface area contributed by atoms with Gasteiger partial charge < -0.3 is 19.5 Å². The highest BCUT2D eigenvalue weighted by Gasteiger charge is 2.18. The molecule has 2 aromatic rings. The SMILES string of the molecule is COc1ccc2cnn(CC(=O)NCC3CCCO3)c(=O)c2c1OC. The Bertz CT molecular complexity index is 827. The number of amides is 1. The first kappa shape index (κ1) is 17.2. The van der Waals surface area contributed by atoms with Crippen LogP contribution in [0.1, 0.15) is 12.8 Å². The number of aromatic nitrogens is 2. The summed E-state index contributed by atoms with van der Waals surface area (Å²) >= 11 is 0. The number of hydrogen-bond donors (Lipinski definition) is 1. The van der Waals surface area contributed by atoms with Gasteiger partial charge in [0.05, 0.1) is 31.9 Å². The minimum atomic E-state index is -0.402. The number of nitrogens with one attached hydrogen (secondary N) is 1. The van der Waals surface area contributed by atoms with E-state index in [0.717, 1.165) is 24.1 Å². The van der Waals surface area contributed by atoms with Gasteiger partial charge in [-0.3, -0.25) is 9.59 Å². The van der Waals surface area contributed by atoms with Gasteiger partial charge in [-0.25, -0.2) is 4.68 Å². The highest BCUT2D eigenvalue weighted by atomic mass is 16.5. The van der Waals surface area contributed by atoms with Gasteiger partial charge in [0.2, 0.25) is 5.91 Å². The molecule has 1 fully saturated rings. The van der Waals surface area contributed by atoms with Crippen LogP contribution in [-0.2, 0) is 16.1 Å². The third-order valence-electron chi connectivity index (χ3n) is 4.21. The molecule has 134 valence electrons. The van der Waals surface area contributed by atoms with Crippen LogP contribution in [0.25, 0.3) is 10.8 Å². The van der Waals surface area contributed by atoms with Gasteiger partial charge in [0, 0.05) is 18.5 Å². The number of carbonyl (C=O) groups is 1. The van der Waals surface area contributed by atoms with Gasteiger partial charge in [-0.15, -0.1) is 0 Å². The fourth-order valence-electron chi connectivity index (χ4n) is 2.92. The normalized spacial score (nSPS) is 16.8. The molecular formula is C17H21N3O5. The fourth-order valence-corrected chi connectivity index (χ4v) is 2.92. The molecule has 1 aromatic carbocycles. The van der Waals surface area contributed by atoms with Gasteiger partial charge in [-0.2, -0.15) is 5.10 Å². The zero-order valence-corrected chi connectivity index (χ0v) is 14.3. The molecule has 3 rings (SSSR count). The van der Waals surface area contributed by atoms with Crippen LogP contribution in [0.2, 0.25) is 0 Å². The summed E-state index contributed by atoms with van der Waals surface area (Å²) in [5, 5.41) is 7.81. The number of fused-ring (bicyclic) bond motifs is 1. The maximum Gasteiger partial charge on any atom is 0.279 e. The lowest BCUT2D eigenvalue weighted by molar-refractivity contribution is -0.122. The predicted molar refractivity (Wildman–Crippen MR) is 91.1 cm³/mol. The van der Waals surface area contributed by atoms with Crippen molar-refractivity contribution < 1.29 is 19.0 Å². The van der Waals surface area contributed by atoms with E-state index in [1.807, 2.05) is 0 Å². The van der Waals surface area contributed by atoms with Crippen LogP contribution in [-0.4, -0.2) is 49.2 Å². The zero-order valence-electron chi connectivity index (χ0n) is 14.3. The highest BCUT2D eigenvalue weighted by molar-refractivity contribution is 5.89. The third kappa shape index (κ3) is 3.58. The quantitative estimate of drug-likeness (QED) is 0.827. The molecule has 8 nitrogen and oxygen atoms in total. The molecule has 1 aromatic heterocycles. The van der Waals surface area contributed by atoms with Crippen LogP contribution in [0.3, 0.4) is 0 Å². The second-order valence-electron chi connectivity index (χ2n) is 5.81. The van der Waals surface area contributed by atoms with Gasteiger partial charge in [-0.05, 0) is 25.0 Å². The molecule has 25 heavy (non-hydrogen) atoms. The average molecular weight is 347 g/mol. The lowest BCUT2D eigenvalue weighted by Crippen LogP contribution is -2.37. The van der Waals surface area contributed by atoms with E-state index in [2.05, 4.69) is 10.4 Å². The second-order valence-corrected chi connectivity index (χ2v) is 5.81. The third-order valence-corrected chi connectivity index (χ3v) is 4.21. The van der Waals surface area contributed by atoms with Gasteiger partial charge in [0.15, 0.2) is 11.5 Å². The van der Waals surface area contributed by atoms with Crippen LogP contribution in [0.15, 0.2) is 23.1 Å². The topological polar surface area (TPSA) is 91.7 Å². The monoisotopic (exact) mass is 347 g/mol. The van der Waals surface area contributed by atoms with E-state index in [1.54, 1.807) is 12.1 Å². The molecule has 1 atom stereocenters. The summed E-state index contributed by atoms with van der Waals surface area (Å²) in [6.45, 7) is 1.01. The maximum absolute atomic E-state index is 12.7. The van der Waals surface area contributed by atoms with Crippen LogP contribution < -0.4 is 20.3 Å². The lowest BCUT2D eigenvalue weighted by Gasteiger charge is -2.13. The first-order chi connectivity index (χ1) is 12.1. The summed E-state index contributed by atoms with van der Waals surface area (Å²) in [6, 6.07) is 3.44. The smallest absolute Gasteiger partial charge is 0.279 e. The predicted octanol–water partition coefficient (Wildman–Crippen LogP) is 0.709. The van der Waals surface area contributed by atoms with E-state index in [4.69, 9.17) is 14.2 Å². The number of nitrogens with zero attached hydrogens (tertiary/aromatic N) is 2. The first-order valence-electron chi connectivity index (χ1n) is 8.13. The van der Waals surface area contributed by atoms with Crippen molar-refractivity contribution in [3.63, 3.8) is 0 Å².